The van der Waals surface area contributed by atoms with E-state index in [0.29, 0.717) is 0 Å². The number of likely N-dealkylation sites (N-methyl/N-ethyl adjacent to an activating group) is 1. The predicted molar refractivity (Wildman–Crippen MR) is 89.5 cm³/mol. The van der Waals surface area contributed by atoms with Gasteiger partial charge in [0.1, 0.15) is 5.75 Å². The third-order valence-electron chi connectivity index (χ3n) is 4.45. The minimum absolute atomic E-state index is 0.00653. The average molecular weight is 293 g/mol. The van der Waals surface area contributed by atoms with Crippen LogP contribution >= 0.6 is 0 Å². The van der Waals surface area contributed by atoms with E-state index in [2.05, 4.69) is 64.0 Å². The molecule has 0 heterocycles. The molecule has 0 spiro atoms. The highest BCUT2D eigenvalue weighted by atomic mass is 16.5. The Balaban J connectivity index is 3.40. The molecule has 0 bridgehead atoms. The molecule has 4 nitrogen and oxygen atoms in total. The van der Waals surface area contributed by atoms with Gasteiger partial charge in [0.25, 0.3) is 0 Å². The van der Waals surface area contributed by atoms with Crippen LogP contribution in [0.1, 0.15) is 50.4 Å². The zero-order valence-electron chi connectivity index (χ0n) is 14.6. The third-order valence-corrected chi connectivity index (χ3v) is 4.45. The number of nitrogens with zero attached hydrogens (tertiary/aromatic N) is 1. The minimum Gasteiger partial charge on any atom is -0.496 e. The van der Waals surface area contributed by atoms with Gasteiger partial charge in [0.05, 0.1) is 13.2 Å². The van der Waals surface area contributed by atoms with Crippen LogP contribution in [0.4, 0.5) is 0 Å². The Labute approximate surface area is 129 Å². The van der Waals surface area contributed by atoms with Gasteiger partial charge in [0.2, 0.25) is 0 Å². The lowest BCUT2D eigenvalue weighted by Gasteiger charge is -2.44. The number of hydrogen-bond acceptors (Lipinski definition) is 4. The molecule has 21 heavy (non-hydrogen) atoms. The fraction of sp³-hybridized carbons (Fsp3) is 0.647. The van der Waals surface area contributed by atoms with E-state index in [1.165, 1.54) is 11.1 Å². The summed E-state index contributed by atoms with van der Waals surface area (Å²) in [4.78, 5) is 2.41. The molecule has 0 aliphatic carbocycles. The average Bonchev–Trinajstić information content (AvgIpc) is 2.42. The number of nitrogens with one attached hydrogen (secondary N) is 1. The number of hydrazine groups is 1. The molecular formula is C17H31N3O. The van der Waals surface area contributed by atoms with E-state index in [9.17, 15) is 0 Å². The molecule has 3 N–H and O–H groups in total. The molecule has 1 aromatic carbocycles. The smallest absolute Gasteiger partial charge is 0.124 e. The summed E-state index contributed by atoms with van der Waals surface area (Å²) in [5.74, 6) is 6.84. The van der Waals surface area contributed by atoms with Gasteiger partial charge in [-0.05, 0) is 58.0 Å². The van der Waals surface area contributed by atoms with Gasteiger partial charge < -0.3 is 4.74 Å². The highest BCUT2D eigenvalue weighted by Crippen LogP contribution is 2.38. The summed E-state index contributed by atoms with van der Waals surface area (Å²) in [6.07, 6.45) is 0. The largest absolute Gasteiger partial charge is 0.496 e. The second kappa shape index (κ2) is 7.25. The first-order valence-electron chi connectivity index (χ1n) is 7.69. The van der Waals surface area contributed by atoms with Gasteiger partial charge in [-0.15, -0.1) is 0 Å². The summed E-state index contributed by atoms with van der Waals surface area (Å²) in [7, 11) is 1.72. The van der Waals surface area contributed by atoms with E-state index in [1.54, 1.807) is 7.11 Å². The van der Waals surface area contributed by atoms with Crippen molar-refractivity contribution in [1.29, 1.82) is 0 Å². The van der Waals surface area contributed by atoms with Crippen LogP contribution in [0.15, 0.2) is 12.1 Å². The Kier molecular flexibility index (Phi) is 6.20. The first-order valence-corrected chi connectivity index (χ1v) is 7.69. The predicted octanol–water partition coefficient (Wildman–Crippen LogP) is 2.94. The SMILES string of the molecule is CCN(CC)C(C)(C)C(NN)c1c(C)cc(C)cc1OC. The Morgan fingerprint density at radius 2 is 1.81 bits per heavy atom. The molecule has 1 aromatic rings. The molecule has 1 rings (SSSR count). The van der Waals surface area contributed by atoms with Gasteiger partial charge in [-0.2, -0.15) is 0 Å². The molecule has 0 saturated heterocycles. The fourth-order valence-electron chi connectivity index (χ4n) is 3.34. The van der Waals surface area contributed by atoms with Crippen LogP contribution in [-0.2, 0) is 0 Å². The van der Waals surface area contributed by atoms with Gasteiger partial charge in [0, 0.05) is 11.1 Å². The molecule has 4 heteroatoms. The van der Waals surface area contributed by atoms with Crippen molar-refractivity contribution in [3.63, 3.8) is 0 Å². The lowest BCUT2D eigenvalue weighted by molar-refractivity contribution is 0.0898. The summed E-state index contributed by atoms with van der Waals surface area (Å²) in [5.41, 5.74) is 6.45. The highest BCUT2D eigenvalue weighted by molar-refractivity contribution is 5.46. The van der Waals surface area contributed by atoms with Crippen molar-refractivity contribution in [3.8, 4) is 5.75 Å². The Bertz CT molecular complexity index is 467. The van der Waals surface area contributed by atoms with Crippen LogP contribution in [-0.4, -0.2) is 30.6 Å². The molecule has 0 saturated carbocycles. The lowest BCUT2D eigenvalue weighted by atomic mass is 9.84. The first-order chi connectivity index (χ1) is 9.83. The van der Waals surface area contributed by atoms with E-state index in [4.69, 9.17) is 10.6 Å². The minimum atomic E-state index is -0.119. The molecule has 120 valence electrons. The van der Waals surface area contributed by atoms with Crippen molar-refractivity contribution in [1.82, 2.24) is 10.3 Å². The van der Waals surface area contributed by atoms with Crippen molar-refractivity contribution < 1.29 is 4.74 Å². The van der Waals surface area contributed by atoms with Crippen LogP contribution in [0.3, 0.4) is 0 Å². The van der Waals surface area contributed by atoms with Crippen molar-refractivity contribution in [2.24, 2.45) is 5.84 Å². The number of rotatable bonds is 7. The molecule has 1 atom stereocenters. The summed E-state index contributed by atoms with van der Waals surface area (Å²) in [6.45, 7) is 15.0. The number of nitrogens with two attached hydrogens (primary N) is 1. The number of ether oxygens (including phenoxy) is 1. The van der Waals surface area contributed by atoms with Gasteiger partial charge in [0.15, 0.2) is 0 Å². The standard InChI is InChI=1S/C17H31N3O/c1-8-20(9-2)17(5,6)16(19-18)15-13(4)10-12(3)11-14(15)21-7/h10-11,16,19H,8-9,18H2,1-7H3. The van der Waals surface area contributed by atoms with Gasteiger partial charge >= 0.3 is 0 Å². The number of methoxy groups -OCH3 is 1. The highest BCUT2D eigenvalue weighted by Gasteiger charge is 2.36. The third kappa shape index (κ3) is 3.57. The maximum atomic E-state index is 5.94. The van der Waals surface area contributed by atoms with E-state index >= 15 is 0 Å². The van der Waals surface area contributed by atoms with E-state index in [-0.39, 0.29) is 11.6 Å². The van der Waals surface area contributed by atoms with E-state index in [1.807, 2.05) is 0 Å². The Morgan fingerprint density at radius 1 is 1.24 bits per heavy atom. The van der Waals surface area contributed by atoms with Crippen molar-refractivity contribution in [3.05, 3.63) is 28.8 Å². The van der Waals surface area contributed by atoms with Crippen LogP contribution in [0, 0.1) is 13.8 Å². The monoisotopic (exact) mass is 293 g/mol. The quantitative estimate of drug-likeness (QED) is 0.599. The first kappa shape index (κ1) is 18.0. The molecule has 0 radical (unpaired) electrons. The van der Waals surface area contributed by atoms with Gasteiger partial charge in [-0.25, -0.2) is 0 Å². The molecule has 0 aliphatic heterocycles. The maximum Gasteiger partial charge on any atom is 0.124 e. The molecule has 1 unspecified atom stereocenters. The summed E-state index contributed by atoms with van der Waals surface area (Å²) in [5, 5.41) is 0. The topological polar surface area (TPSA) is 50.5 Å². The van der Waals surface area contributed by atoms with Gasteiger partial charge in [-0.1, -0.05) is 19.9 Å². The second-order valence-corrected chi connectivity index (χ2v) is 6.12. The number of benzene rings is 1. The van der Waals surface area contributed by atoms with Crippen LogP contribution in [0.5, 0.6) is 5.75 Å². The van der Waals surface area contributed by atoms with E-state index < -0.39 is 0 Å². The summed E-state index contributed by atoms with van der Waals surface area (Å²) < 4.78 is 5.62. The van der Waals surface area contributed by atoms with Gasteiger partial charge in [-0.3, -0.25) is 16.2 Å². The van der Waals surface area contributed by atoms with Crippen LogP contribution < -0.4 is 16.0 Å². The van der Waals surface area contributed by atoms with Crippen LogP contribution in [0.25, 0.3) is 0 Å². The summed E-state index contributed by atoms with van der Waals surface area (Å²) in [6, 6.07) is 4.25. The molecule has 0 fully saturated rings. The van der Waals surface area contributed by atoms with Crippen molar-refractivity contribution in [2.45, 2.75) is 53.1 Å². The molecular weight excluding hydrogens is 262 g/mol. The lowest BCUT2D eigenvalue weighted by Crippen LogP contribution is -2.54. The maximum absolute atomic E-state index is 5.94. The Morgan fingerprint density at radius 3 is 2.24 bits per heavy atom. The molecule has 0 aliphatic rings. The Hall–Kier alpha value is -1.10. The second-order valence-electron chi connectivity index (χ2n) is 6.12. The zero-order valence-corrected chi connectivity index (χ0v) is 14.6. The summed E-state index contributed by atoms with van der Waals surface area (Å²) >= 11 is 0. The van der Waals surface area contributed by atoms with Crippen molar-refractivity contribution in [2.75, 3.05) is 20.2 Å². The molecule has 0 amide bonds. The van der Waals surface area contributed by atoms with E-state index in [0.717, 1.165) is 24.4 Å². The van der Waals surface area contributed by atoms with Crippen molar-refractivity contribution >= 4 is 0 Å². The molecule has 0 aromatic heterocycles. The van der Waals surface area contributed by atoms with Crippen LogP contribution in [0.2, 0.25) is 0 Å². The zero-order chi connectivity index (χ0) is 16.2. The number of aryl methyl sites for hydroxylation is 2. The normalized spacial score (nSPS) is 13.6. The fourth-order valence-corrected chi connectivity index (χ4v) is 3.34. The number of hydrogen-bond donors (Lipinski definition) is 2.